The third-order valence-corrected chi connectivity index (χ3v) is 6.72. The van der Waals surface area contributed by atoms with E-state index in [-0.39, 0.29) is 17.5 Å². The zero-order valence-corrected chi connectivity index (χ0v) is 14.6. The maximum absolute atomic E-state index is 12.6. The zero-order valence-electron chi connectivity index (χ0n) is 12.2. The topological polar surface area (TPSA) is 66.4 Å². The second kappa shape index (κ2) is 7.22. The zero-order chi connectivity index (χ0) is 15.5. The van der Waals surface area contributed by atoms with Gasteiger partial charge in [0.15, 0.2) is 0 Å². The minimum Gasteiger partial charge on any atom is -0.392 e. The highest BCUT2D eigenvalue weighted by Gasteiger charge is 2.26. The van der Waals surface area contributed by atoms with E-state index in [1.54, 1.807) is 12.1 Å². The van der Waals surface area contributed by atoms with Crippen molar-refractivity contribution in [1.82, 2.24) is 4.72 Å². The summed E-state index contributed by atoms with van der Waals surface area (Å²) in [5, 5.41) is 9.17. The number of benzene rings is 1. The first-order valence-electron chi connectivity index (χ1n) is 7.35. The van der Waals surface area contributed by atoms with Crippen molar-refractivity contribution >= 4 is 26.0 Å². The van der Waals surface area contributed by atoms with Crippen molar-refractivity contribution < 1.29 is 13.5 Å². The molecule has 1 atom stereocenters. The van der Waals surface area contributed by atoms with Gasteiger partial charge >= 0.3 is 0 Å². The van der Waals surface area contributed by atoms with E-state index in [0.717, 1.165) is 12.8 Å². The van der Waals surface area contributed by atoms with Crippen molar-refractivity contribution in [3.63, 3.8) is 0 Å². The summed E-state index contributed by atoms with van der Waals surface area (Å²) in [4.78, 5) is 0.191. The first-order valence-corrected chi connectivity index (χ1v) is 9.63. The Balaban J connectivity index is 2.17. The lowest BCUT2D eigenvalue weighted by molar-refractivity contribution is 0.281. The van der Waals surface area contributed by atoms with Crippen LogP contribution in [0.2, 0.25) is 0 Å². The molecule has 2 rings (SSSR count). The fraction of sp³-hybridized carbons (Fsp3) is 0.600. The minimum absolute atomic E-state index is 0.0695. The molecule has 0 radical (unpaired) electrons. The highest BCUT2D eigenvalue weighted by molar-refractivity contribution is 9.10. The van der Waals surface area contributed by atoms with Crippen molar-refractivity contribution in [3.05, 3.63) is 28.2 Å². The van der Waals surface area contributed by atoms with Crippen LogP contribution in [0.3, 0.4) is 0 Å². The molecule has 6 heteroatoms. The second-order valence-electron chi connectivity index (χ2n) is 5.73. The van der Waals surface area contributed by atoms with Crippen LogP contribution in [0.4, 0.5) is 0 Å². The Hall–Kier alpha value is -0.430. The van der Waals surface area contributed by atoms with Crippen LogP contribution in [0.15, 0.2) is 27.6 Å². The monoisotopic (exact) mass is 375 g/mol. The lowest BCUT2D eigenvalue weighted by atomic mass is 9.85. The normalized spacial score (nSPS) is 18.6. The van der Waals surface area contributed by atoms with Crippen LogP contribution < -0.4 is 4.72 Å². The van der Waals surface area contributed by atoms with E-state index >= 15 is 0 Å². The van der Waals surface area contributed by atoms with E-state index in [9.17, 15) is 13.5 Å². The molecule has 1 aromatic carbocycles. The first kappa shape index (κ1) is 16.9. The van der Waals surface area contributed by atoms with Crippen LogP contribution in [0.5, 0.6) is 0 Å². The number of nitrogens with one attached hydrogen (secondary N) is 1. The molecule has 0 amide bonds. The van der Waals surface area contributed by atoms with Gasteiger partial charge < -0.3 is 5.11 Å². The van der Waals surface area contributed by atoms with Crippen molar-refractivity contribution in [3.8, 4) is 0 Å². The van der Waals surface area contributed by atoms with Crippen molar-refractivity contribution in [2.45, 2.75) is 56.6 Å². The van der Waals surface area contributed by atoms with E-state index in [1.807, 2.05) is 6.92 Å². The molecular formula is C15H22BrNO3S. The molecule has 1 aromatic rings. The van der Waals surface area contributed by atoms with E-state index < -0.39 is 10.0 Å². The molecule has 0 aromatic heterocycles. The molecule has 0 spiro atoms. The number of rotatable bonds is 5. The fourth-order valence-corrected chi connectivity index (χ4v) is 5.22. The Morgan fingerprint density at radius 1 is 1.33 bits per heavy atom. The summed E-state index contributed by atoms with van der Waals surface area (Å²) in [6, 6.07) is 4.80. The first-order chi connectivity index (χ1) is 9.94. The molecule has 0 bridgehead atoms. The van der Waals surface area contributed by atoms with Gasteiger partial charge in [-0.3, -0.25) is 0 Å². The Bertz CT molecular complexity index is 583. The highest BCUT2D eigenvalue weighted by Crippen LogP contribution is 2.28. The third-order valence-electron chi connectivity index (χ3n) is 4.17. The number of aliphatic hydroxyl groups is 1. The average molecular weight is 376 g/mol. The molecule has 2 N–H and O–H groups in total. The van der Waals surface area contributed by atoms with Gasteiger partial charge in [0.05, 0.1) is 11.5 Å². The Morgan fingerprint density at radius 2 is 2.00 bits per heavy atom. The second-order valence-corrected chi connectivity index (χ2v) is 8.27. The molecule has 0 saturated heterocycles. The Kier molecular flexibility index (Phi) is 5.82. The summed E-state index contributed by atoms with van der Waals surface area (Å²) in [7, 11) is -3.58. The molecule has 1 aliphatic carbocycles. The molecule has 21 heavy (non-hydrogen) atoms. The van der Waals surface area contributed by atoms with Gasteiger partial charge in [-0.1, -0.05) is 25.3 Å². The summed E-state index contributed by atoms with van der Waals surface area (Å²) < 4.78 is 28.4. The number of aliphatic hydroxyl groups excluding tert-OH is 1. The van der Waals surface area contributed by atoms with Crippen LogP contribution in [0.25, 0.3) is 0 Å². The lowest BCUT2D eigenvalue weighted by Crippen LogP contribution is -2.39. The summed E-state index contributed by atoms with van der Waals surface area (Å²) in [6.45, 7) is 1.77. The molecule has 1 aliphatic rings. The Labute approximate surface area is 135 Å². The van der Waals surface area contributed by atoms with Gasteiger partial charge in [0.25, 0.3) is 0 Å². The van der Waals surface area contributed by atoms with E-state index in [0.29, 0.717) is 16.0 Å². The largest absolute Gasteiger partial charge is 0.392 e. The Morgan fingerprint density at radius 3 is 2.62 bits per heavy atom. The van der Waals surface area contributed by atoms with Gasteiger partial charge in [-0.05, 0) is 59.3 Å². The summed E-state index contributed by atoms with van der Waals surface area (Å²) in [6.07, 6.45) is 5.78. The van der Waals surface area contributed by atoms with Gasteiger partial charge in [-0.15, -0.1) is 0 Å². The minimum atomic E-state index is -3.58. The van der Waals surface area contributed by atoms with Crippen LogP contribution in [0.1, 0.15) is 44.6 Å². The molecule has 1 saturated carbocycles. The molecular weight excluding hydrogens is 354 g/mol. The van der Waals surface area contributed by atoms with Gasteiger partial charge in [-0.2, -0.15) is 0 Å². The number of hydrogen-bond acceptors (Lipinski definition) is 3. The van der Waals surface area contributed by atoms with Gasteiger partial charge in [0.1, 0.15) is 0 Å². The number of sulfonamides is 1. The smallest absolute Gasteiger partial charge is 0.241 e. The van der Waals surface area contributed by atoms with Crippen molar-refractivity contribution in [2.24, 2.45) is 5.92 Å². The van der Waals surface area contributed by atoms with Crippen LogP contribution >= 0.6 is 15.9 Å². The SMILES string of the molecule is CC(NS(=O)(=O)c1cc(CO)ccc1Br)C1CCCCC1. The summed E-state index contributed by atoms with van der Waals surface area (Å²) in [5.74, 6) is 0.410. The molecule has 1 unspecified atom stereocenters. The maximum Gasteiger partial charge on any atom is 0.241 e. The highest BCUT2D eigenvalue weighted by atomic mass is 79.9. The van der Waals surface area contributed by atoms with Gasteiger partial charge in [0.2, 0.25) is 10.0 Å². The predicted octanol–water partition coefficient (Wildman–Crippen LogP) is 3.19. The summed E-state index contributed by atoms with van der Waals surface area (Å²) >= 11 is 3.28. The summed E-state index contributed by atoms with van der Waals surface area (Å²) in [5.41, 5.74) is 0.587. The molecule has 1 fully saturated rings. The quantitative estimate of drug-likeness (QED) is 0.830. The van der Waals surface area contributed by atoms with Crippen LogP contribution in [-0.4, -0.2) is 19.6 Å². The number of halogens is 1. The van der Waals surface area contributed by atoms with Crippen molar-refractivity contribution in [2.75, 3.05) is 0 Å². The fourth-order valence-electron chi connectivity index (χ4n) is 2.89. The third kappa shape index (κ3) is 4.28. The van der Waals surface area contributed by atoms with Gasteiger partial charge in [0, 0.05) is 10.5 Å². The van der Waals surface area contributed by atoms with Crippen LogP contribution in [-0.2, 0) is 16.6 Å². The van der Waals surface area contributed by atoms with E-state index in [1.165, 1.54) is 25.3 Å². The van der Waals surface area contributed by atoms with E-state index in [2.05, 4.69) is 20.7 Å². The number of hydrogen-bond donors (Lipinski definition) is 2. The molecule has 118 valence electrons. The molecule has 0 heterocycles. The standard InChI is InChI=1S/C15H22BrNO3S/c1-11(13-5-3-2-4-6-13)17-21(19,20)15-9-12(10-18)7-8-14(15)16/h7-9,11,13,17-18H,2-6,10H2,1H3. The van der Waals surface area contributed by atoms with Crippen LogP contribution in [0, 0.1) is 5.92 Å². The van der Waals surface area contributed by atoms with Crippen molar-refractivity contribution in [1.29, 1.82) is 0 Å². The maximum atomic E-state index is 12.6. The molecule has 0 aliphatic heterocycles. The lowest BCUT2D eigenvalue weighted by Gasteiger charge is -2.28. The predicted molar refractivity (Wildman–Crippen MR) is 86.4 cm³/mol. The van der Waals surface area contributed by atoms with Gasteiger partial charge in [-0.25, -0.2) is 13.1 Å². The van der Waals surface area contributed by atoms with E-state index in [4.69, 9.17) is 0 Å². The molecule has 4 nitrogen and oxygen atoms in total. The average Bonchev–Trinajstić information content (AvgIpc) is 2.48.